The van der Waals surface area contributed by atoms with Gasteiger partial charge in [-0.1, -0.05) is 11.6 Å². The smallest absolute Gasteiger partial charge is 0.240 e. The molecular formula is C18H17ClN2O4S. The van der Waals surface area contributed by atoms with Crippen LogP contribution in [0, 0.1) is 0 Å². The van der Waals surface area contributed by atoms with Crippen molar-refractivity contribution in [3.8, 4) is 11.5 Å². The van der Waals surface area contributed by atoms with E-state index >= 15 is 0 Å². The van der Waals surface area contributed by atoms with E-state index in [2.05, 4.69) is 9.71 Å². The Balaban J connectivity index is 1.47. The normalized spacial score (nSPS) is 13.9. The fourth-order valence-corrected chi connectivity index (χ4v) is 4.17. The lowest BCUT2D eigenvalue weighted by atomic mass is 10.1. The Bertz CT molecular complexity index is 1060. The summed E-state index contributed by atoms with van der Waals surface area (Å²) in [6, 6.07) is 10.2. The van der Waals surface area contributed by atoms with Crippen molar-refractivity contribution in [2.75, 3.05) is 19.8 Å². The minimum absolute atomic E-state index is 0.156. The summed E-state index contributed by atoms with van der Waals surface area (Å²) >= 11 is 6.04. The monoisotopic (exact) mass is 392 g/mol. The Kier molecular flexibility index (Phi) is 4.52. The third-order valence-corrected chi connectivity index (χ3v) is 5.93. The molecule has 0 amide bonds. The topological polar surface area (TPSA) is 80.4 Å². The third kappa shape index (κ3) is 3.38. The maximum absolute atomic E-state index is 12.5. The zero-order valence-corrected chi connectivity index (χ0v) is 15.4. The molecule has 1 aromatic heterocycles. The van der Waals surface area contributed by atoms with Crippen LogP contribution in [-0.2, 0) is 16.4 Å². The Hall–Kier alpha value is -2.22. The minimum atomic E-state index is -3.63. The number of fused-ring (bicyclic) bond motifs is 2. The number of aromatic nitrogens is 1. The van der Waals surface area contributed by atoms with Gasteiger partial charge in [0.25, 0.3) is 0 Å². The van der Waals surface area contributed by atoms with Crippen molar-refractivity contribution in [3.63, 3.8) is 0 Å². The molecule has 8 heteroatoms. The molecule has 136 valence electrons. The van der Waals surface area contributed by atoms with E-state index in [0.29, 0.717) is 36.2 Å². The summed E-state index contributed by atoms with van der Waals surface area (Å²) in [4.78, 5) is 3.32. The number of rotatable bonds is 5. The highest BCUT2D eigenvalue weighted by Crippen LogP contribution is 2.32. The average Bonchev–Trinajstić information content (AvgIpc) is 3.03. The standard InChI is InChI=1S/C18H17ClN2O4S/c19-13-1-3-16-15(9-13)12(11-20-16)5-6-21-26(22,23)14-2-4-17-18(10-14)25-8-7-24-17/h1-4,9-11,20-21H,5-8H2. The average molecular weight is 393 g/mol. The van der Waals surface area contributed by atoms with E-state index in [0.717, 1.165) is 16.5 Å². The molecular weight excluding hydrogens is 376 g/mol. The molecule has 1 aliphatic heterocycles. The summed E-state index contributed by atoms with van der Waals surface area (Å²) in [6.45, 7) is 1.15. The van der Waals surface area contributed by atoms with Gasteiger partial charge in [0, 0.05) is 34.7 Å². The molecule has 0 saturated heterocycles. The van der Waals surface area contributed by atoms with Crippen molar-refractivity contribution in [3.05, 3.63) is 53.2 Å². The zero-order chi connectivity index (χ0) is 18.1. The van der Waals surface area contributed by atoms with Crippen molar-refractivity contribution in [2.24, 2.45) is 0 Å². The fraction of sp³-hybridized carbons (Fsp3) is 0.222. The second-order valence-electron chi connectivity index (χ2n) is 5.96. The van der Waals surface area contributed by atoms with Gasteiger partial charge in [-0.15, -0.1) is 0 Å². The van der Waals surface area contributed by atoms with Crippen LogP contribution in [0.3, 0.4) is 0 Å². The number of ether oxygens (including phenoxy) is 2. The van der Waals surface area contributed by atoms with Crippen LogP contribution in [-0.4, -0.2) is 33.2 Å². The summed E-state index contributed by atoms with van der Waals surface area (Å²) in [5.74, 6) is 1.01. The molecule has 0 bridgehead atoms. The lowest BCUT2D eigenvalue weighted by Crippen LogP contribution is -2.26. The molecule has 0 unspecified atom stereocenters. The summed E-state index contributed by atoms with van der Waals surface area (Å²) < 4.78 is 38.5. The maximum Gasteiger partial charge on any atom is 0.240 e. The van der Waals surface area contributed by atoms with Gasteiger partial charge in [0.05, 0.1) is 4.90 Å². The molecule has 6 nitrogen and oxygen atoms in total. The van der Waals surface area contributed by atoms with E-state index in [-0.39, 0.29) is 11.4 Å². The van der Waals surface area contributed by atoms with Crippen LogP contribution in [0.1, 0.15) is 5.56 Å². The number of halogens is 1. The predicted octanol–water partition coefficient (Wildman–Crippen LogP) is 3.11. The summed E-state index contributed by atoms with van der Waals surface area (Å²) in [5, 5.41) is 1.64. The van der Waals surface area contributed by atoms with Gasteiger partial charge in [0.2, 0.25) is 10.0 Å². The number of hydrogen-bond acceptors (Lipinski definition) is 4. The van der Waals surface area contributed by atoms with Crippen LogP contribution in [0.25, 0.3) is 10.9 Å². The van der Waals surface area contributed by atoms with E-state index in [1.54, 1.807) is 6.07 Å². The number of H-pyrrole nitrogens is 1. The second kappa shape index (κ2) is 6.83. The first-order chi connectivity index (χ1) is 12.5. The molecule has 2 N–H and O–H groups in total. The highest BCUT2D eigenvalue weighted by atomic mass is 35.5. The molecule has 0 radical (unpaired) electrons. The number of nitrogens with one attached hydrogen (secondary N) is 2. The largest absolute Gasteiger partial charge is 0.486 e. The van der Waals surface area contributed by atoms with Crippen molar-refractivity contribution in [1.82, 2.24) is 9.71 Å². The number of hydrogen-bond donors (Lipinski definition) is 2. The molecule has 2 heterocycles. The molecule has 0 atom stereocenters. The van der Waals surface area contributed by atoms with Crippen LogP contribution >= 0.6 is 11.6 Å². The van der Waals surface area contributed by atoms with Gasteiger partial charge in [0.1, 0.15) is 13.2 Å². The second-order valence-corrected chi connectivity index (χ2v) is 8.16. The molecule has 2 aromatic carbocycles. The van der Waals surface area contributed by atoms with Gasteiger partial charge in [0.15, 0.2) is 11.5 Å². The van der Waals surface area contributed by atoms with E-state index < -0.39 is 10.0 Å². The maximum atomic E-state index is 12.5. The quantitative estimate of drug-likeness (QED) is 0.699. The Labute approximate surface area is 156 Å². The van der Waals surface area contributed by atoms with Gasteiger partial charge in [-0.25, -0.2) is 13.1 Å². The molecule has 0 spiro atoms. The van der Waals surface area contributed by atoms with Gasteiger partial charge >= 0.3 is 0 Å². The van der Waals surface area contributed by atoms with E-state index in [1.165, 1.54) is 12.1 Å². The van der Waals surface area contributed by atoms with Crippen molar-refractivity contribution in [1.29, 1.82) is 0 Å². The van der Waals surface area contributed by atoms with Gasteiger partial charge in [-0.05, 0) is 42.3 Å². The molecule has 0 aliphatic carbocycles. The first kappa shape index (κ1) is 17.2. The molecule has 1 aliphatic rings. The van der Waals surface area contributed by atoms with Crippen molar-refractivity contribution in [2.45, 2.75) is 11.3 Å². The molecule has 0 fully saturated rings. The Morgan fingerprint density at radius 3 is 2.73 bits per heavy atom. The summed E-state index contributed by atoms with van der Waals surface area (Å²) in [5.41, 5.74) is 1.98. The summed E-state index contributed by atoms with van der Waals surface area (Å²) in [7, 11) is -3.63. The Morgan fingerprint density at radius 2 is 1.88 bits per heavy atom. The van der Waals surface area contributed by atoms with Crippen LogP contribution < -0.4 is 14.2 Å². The Morgan fingerprint density at radius 1 is 1.08 bits per heavy atom. The molecule has 26 heavy (non-hydrogen) atoms. The molecule has 4 rings (SSSR count). The lowest BCUT2D eigenvalue weighted by Gasteiger charge is -2.18. The first-order valence-corrected chi connectivity index (χ1v) is 10.0. The van der Waals surface area contributed by atoms with E-state index in [1.807, 2.05) is 24.4 Å². The van der Waals surface area contributed by atoms with E-state index in [9.17, 15) is 8.42 Å². The number of sulfonamides is 1. The summed E-state index contributed by atoms with van der Waals surface area (Å²) in [6.07, 6.45) is 2.42. The molecule has 3 aromatic rings. The number of benzene rings is 2. The predicted molar refractivity (Wildman–Crippen MR) is 99.6 cm³/mol. The lowest BCUT2D eigenvalue weighted by molar-refractivity contribution is 0.171. The molecule has 0 saturated carbocycles. The van der Waals surface area contributed by atoms with Crippen LogP contribution in [0.2, 0.25) is 5.02 Å². The van der Waals surface area contributed by atoms with Gasteiger partial charge in [-0.2, -0.15) is 0 Å². The third-order valence-electron chi connectivity index (χ3n) is 4.24. The van der Waals surface area contributed by atoms with Crippen LogP contribution in [0.5, 0.6) is 11.5 Å². The van der Waals surface area contributed by atoms with E-state index in [4.69, 9.17) is 21.1 Å². The van der Waals surface area contributed by atoms with Gasteiger partial charge in [-0.3, -0.25) is 0 Å². The number of aromatic amines is 1. The van der Waals surface area contributed by atoms with Crippen LogP contribution in [0.4, 0.5) is 0 Å². The van der Waals surface area contributed by atoms with Gasteiger partial charge < -0.3 is 14.5 Å². The van der Waals surface area contributed by atoms with Crippen molar-refractivity contribution < 1.29 is 17.9 Å². The van der Waals surface area contributed by atoms with Crippen molar-refractivity contribution >= 4 is 32.5 Å². The minimum Gasteiger partial charge on any atom is -0.486 e. The van der Waals surface area contributed by atoms with Crippen LogP contribution in [0.15, 0.2) is 47.5 Å². The highest BCUT2D eigenvalue weighted by molar-refractivity contribution is 7.89. The SMILES string of the molecule is O=S(=O)(NCCc1c[nH]c2ccc(Cl)cc12)c1ccc2c(c1)OCCO2. The highest BCUT2D eigenvalue weighted by Gasteiger charge is 2.19. The fourth-order valence-electron chi connectivity index (χ4n) is 2.95. The zero-order valence-electron chi connectivity index (χ0n) is 13.8. The first-order valence-electron chi connectivity index (χ1n) is 8.18.